The van der Waals surface area contributed by atoms with Crippen LogP contribution in [0.2, 0.25) is 0 Å². The van der Waals surface area contributed by atoms with E-state index in [9.17, 15) is 9.59 Å². The molecule has 6 heteroatoms. The average Bonchev–Trinajstić information content (AvgIpc) is 2.47. The zero-order valence-corrected chi connectivity index (χ0v) is 15.9. The van der Waals surface area contributed by atoms with Crippen molar-refractivity contribution >= 4 is 12.1 Å². The lowest BCUT2D eigenvalue weighted by atomic mass is 9.87. The fraction of sp³-hybridized carbons (Fsp3) is 0.526. The molecule has 0 spiro atoms. The van der Waals surface area contributed by atoms with Crippen molar-refractivity contribution in [1.82, 2.24) is 5.32 Å². The lowest BCUT2D eigenvalue weighted by Gasteiger charge is -2.30. The van der Waals surface area contributed by atoms with Crippen LogP contribution in [-0.4, -0.2) is 30.3 Å². The molecule has 1 rings (SSSR count). The number of hydrogen-bond donors (Lipinski definition) is 1. The van der Waals surface area contributed by atoms with Crippen LogP contribution in [0.5, 0.6) is 0 Å². The first-order chi connectivity index (χ1) is 11.4. The largest absolute Gasteiger partial charge is 0.467 e. The van der Waals surface area contributed by atoms with Gasteiger partial charge in [-0.05, 0) is 70.4 Å². The highest BCUT2D eigenvalue weighted by Gasteiger charge is 2.38. The Morgan fingerprint density at radius 3 is 2.08 bits per heavy atom. The third-order valence-electron chi connectivity index (χ3n) is 3.77. The minimum absolute atomic E-state index is 0.224. The summed E-state index contributed by atoms with van der Waals surface area (Å²) < 4.78 is 10.1. The molecule has 1 aromatic rings. The van der Waals surface area contributed by atoms with Gasteiger partial charge in [-0.2, -0.15) is 5.26 Å². The Bertz CT molecular complexity index is 690. The summed E-state index contributed by atoms with van der Waals surface area (Å²) in [7, 11) is 1.27. The molecular formula is C19H26N2O4. The van der Waals surface area contributed by atoms with Gasteiger partial charge in [-0.15, -0.1) is 0 Å². The number of carbonyl (C=O) groups is 2. The maximum Gasteiger partial charge on any atom is 0.408 e. The van der Waals surface area contributed by atoms with Gasteiger partial charge in [-0.25, -0.2) is 9.59 Å². The number of esters is 1. The van der Waals surface area contributed by atoms with E-state index in [1.807, 2.05) is 13.8 Å². The normalized spacial score (nSPS) is 13.4. The Labute approximate surface area is 149 Å². The average molecular weight is 346 g/mol. The molecule has 0 heterocycles. The van der Waals surface area contributed by atoms with Crippen LogP contribution < -0.4 is 5.32 Å². The molecule has 25 heavy (non-hydrogen) atoms. The Hall–Kier alpha value is -2.55. The van der Waals surface area contributed by atoms with Crippen LogP contribution >= 0.6 is 0 Å². The van der Waals surface area contributed by atoms with Gasteiger partial charge in [-0.1, -0.05) is 0 Å². The van der Waals surface area contributed by atoms with Gasteiger partial charge in [-0.3, -0.25) is 0 Å². The number of rotatable bonds is 4. The monoisotopic (exact) mass is 346 g/mol. The zero-order chi connectivity index (χ0) is 19.4. The van der Waals surface area contributed by atoms with E-state index in [-0.39, 0.29) is 6.42 Å². The first-order valence-electron chi connectivity index (χ1n) is 8.01. The highest BCUT2D eigenvalue weighted by Crippen LogP contribution is 2.23. The van der Waals surface area contributed by atoms with E-state index in [4.69, 9.17) is 14.7 Å². The summed E-state index contributed by atoms with van der Waals surface area (Å²) in [4.78, 5) is 24.5. The SMILES string of the molecule is COC(=O)[C@](C)(Cc1c(C)cc(C#N)cc1C)NC(=O)OC(C)(C)C. The molecule has 0 saturated heterocycles. The predicted molar refractivity (Wildman–Crippen MR) is 94.1 cm³/mol. The molecule has 1 N–H and O–H groups in total. The molecule has 0 unspecified atom stereocenters. The van der Waals surface area contributed by atoms with Gasteiger partial charge < -0.3 is 14.8 Å². The van der Waals surface area contributed by atoms with E-state index < -0.39 is 23.2 Å². The number of amides is 1. The number of aryl methyl sites for hydroxylation is 2. The van der Waals surface area contributed by atoms with Crippen molar-refractivity contribution in [1.29, 1.82) is 5.26 Å². The third kappa shape index (κ3) is 5.49. The molecule has 0 saturated carbocycles. The number of nitrogens with zero attached hydrogens (tertiary/aromatic N) is 1. The standard InChI is InChI=1S/C19H26N2O4/c1-12-8-14(11-20)9-13(2)15(12)10-19(6,16(22)24-7)21-17(23)25-18(3,4)5/h8-9H,10H2,1-7H3,(H,21,23)/t19-/m0/s1. The number of alkyl carbamates (subject to hydrolysis) is 1. The molecule has 1 aromatic carbocycles. The minimum Gasteiger partial charge on any atom is -0.467 e. The molecule has 0 fully saturated rings. The molecule has 136 valence electrons. The van der Waals surface area contributed by atoms with Crippen molar-refractivity contribution in [2.45, 2.75) is 59.1 Å². The second-order valence-corrected chi connectivity index (χ2v) is 7.33. The highest BCUT2D eigenvalue weighted by molar-refractivity contribution is 5.86. The Balaban J connectivity index is 3.19. The number of benzene rings is 1. The van der Waals surface area contributed by atoms with Crippen molar-refractivity contribution in [2.75, 3.05) is 7.11 Å². The molecule has 0 aromatic heterocycles. The minimum atomic E-state index is -1.29. The number of carbonyl (C=O) groups excluding carboxylic acids is 2. The molecule has 0 aliphatic rings. The number of ether oxygens (including phenoxy) is 2. The first kappa shape index (κ1) is 20.5. The molecule has 1 amide bonds. The second kappa shape index (κ2) is 7.56. The van der Waals surface area contributed by atoms with Crippen LogP contribution in [-0.2, 0) is 20.7 Å². The quantitative estimate of drug-likeness (QED) is 0.846. The molecule has 0 radical (unpaired) electrons. The van der Waals surface area contributed by atoms with Gasteiger partial charge in [0.15, 0.2) is 0 Å². The molecular weight excluding hydrogens is 320 g/mol. The smallest absolute Gasteiger partial charge is 0.408 e. The zero-order valence-electron chi connectivity index (χ0n) is 15.9. The Kier molecular flexibility index (Phi) is 6.20. The molecule has 6 nitrogen and oxygen atoms in total. The topological polar surface area (TPSA) is 88.4 Å². The van der Waals surface area contributed by atoms with E-state index in [0.717, 1.165) is 16.7 Å². The summed E-state index contributed by atoms with van der Waals surface area (Å²) in [6, 6.07) is 5.62. The van der Waals surface area contributed by atoms with Crippen molar-refractivity contribution < 1.29 is 19.1 Å². The van der Waals surface area contributed by atoms with Crippen LogP contribution in [0, 0.1) is 25.2 Å². The van der Waals surface area contributed by atoms with E-state index in [1.165, 1.54) is 7.11 Å². The highest BCUT2D eigenvalue weighted by atomic mass is 16.6. The summed E-state index contributed by atoms with van der Waals surface area (Å²) >= 11 is 0. The number of hydrogen-bond acceptors (Lipinski definition) is 5. The van der Waals surface area contributed by atoms with Gasteiger partial charge in [0.2, 0.25) is 0 Å². The summed E-state index contributed by atoms with van der Waals surface area (Å²) in [6.45, 7) is 10.6. The van der Waals surface area contributed by atoms with Crippen molar-refractivity contribution in [3.8, 4) is 6.07 Å². The van der Waals surface area contributed by atoms with Crippen LogP contribution in [0.3, 0.4) is 0 Å². The number of nitriles is 1. The van der Waals surface area contributed by atoms with E-state index in [0.29, 0.717) is 5.56 Å². The lowest BCUT2D eigenvalue weighted by Crippen LogP contribution is -2.55. The van der Waals surface area contributed by atoms with Crippen LogP contribution in [0.1, 0.15) is 49.9 Å². The van der Waals surface area contributed by atoms with E-state index >= 15 is 0 Å². The molecule has 1 atom stereocenters. The maximum absolute atomic E-state index is 12.3. The fourth-order valence-electron chi connectivity index (χ4n) is 2.61. The molecule has 0 bridgehead atoms. The predicted octanol–water partition coefficient (Wildman–Crippen LogP) is 3.17. The van der Waals surface area contributed by atoms with E-state index in [2.05, 4.69) is 11.4 Å². The summed E-state index contributed by atoms with van der Waals surface area (Å²) in [5.74, 6) is -0.568. The Morgan fingerprint density at radius 2 is 1.68 bits per heavy atom. The van der Waals surface area contributed by atoms with Gasteiger partial charge in [0.1, 0.15) is 11.1 Å². The molecule has 0 aliphatic heterocycles. The van der Waals surface area contributed by atoms with Crippen molar-refractivity contribution in [3.63, 3.8) is 0 Å². The maximum atomic E-state index is 12.3. The van der Waals surface area contributed by atoms with E-state index in [1.54, 1.807) is 39.8 Å². The fourth-order valence-corrected chi connectivity index (χ4v) is 2.61. The lowest BCUT2D eigenvalue weighted by molar-refractivity contribution is -0.147. The summed E-state index contributed by atoms with van der Waals surface area (Å²) in [6.07, 6.45) is -0.466. The first-order valence-corrected chi connectivity index (χ1v) is 8.01. The summed E-state index contributed by atoms with van der Waals surface area (Å²) in [5.41, 5.74) is 1.21. The van der Waals surface area contributed by atoms with Gasteiger partial charge in [0.05, 0.1) is 18.7 Å². The van der Waals surface area contributed by atoms with Crippen molar-refractivity contribution in [3.05, 3.63) is 34.4 Å². The second-order valence-electron chi connectivity index (χ2n) is 7.33. The number of methoxy groups -OCH3 is 1. The third-order valence-corrected chi connectivity index (χ3v) is 3.77. The Morgan fingerprint density at radius 1 is 1.16 bits per heavy atom. The number of nitrogens with one attached hydrogen (secondary N) is 1. The van der Waals surface area contributed by atoms with Crippen molar-refractivity contribution in [2.24, 2.45) is 0 Å². The van der Waals surface area contributed by atoms with Crippen LogP contribution in [0.25, 0.3) is 0 Å². The van der Waals surface area contributed by atoms with Crippen LogP contribution in [0.4, 0.5) is 4.79 Å². The van der Waals surface area contributed by atoms with Crippen LogP contribution in [0.15, 0.2) is 12.1 Å². The molecule has 0 aliphatic carbocycles. The van der Waals surface area contributed by atoms with Gasteiger partial charge >= 0.3 is 12.1 Å². The summed E-state index contributed by atoms with van der Waals surface area (Å²) in [5, 5.41) is 11.7. The van der Waals surface area contributed by atoms with Gasteiger partial charge in [0.25, 0.3) is 0 Å². The van der Waals surface area contributed by atoms with Gasteiger partial charge in [0, 0.05) is 6.42 Å².